The molecular weight excluding hydrogens is 358 g/mol. The molecular formula is C13H10Cl2F3N3O2. The summed E-state index contributed by atoms with van der Waals surface area (Å²) < 4.78 is 41.4. The third-order valence-electron chi connectivity index (χ3n) is 2.56. The maximum Gasteiger partial charge on any atom is 0.411 e. The molecule has 0 aliphatic heterocycles. The number of amides is 1. The Labute approximate surface area is 138 Å². The van der Waals surface area contributed by atoms with Gasteiger partial charge in [-0.2, -0.15) is 18.3 Å². The third-order valence-corrected chi connectivity index (χ3v) is 3.10. The lowest BCUT2D eigenvalue weighted by Crippen LogP contribution is -2.18. The molecule has 1 amide bonds. The van der Waals surface area contributed by atoms with Gasteiger partial charge in [-0.15, -0.1) is 0 Å². The number of hydrogen-bond acceptors (Lipinski definition) is 3. The fourth-order valence-electron chi connectivity index (χ4n) is 1.63. The van der Waals surface area contributed by atoms with Gasteiger partial charge in [-0.3, -0.25) is 4.79 Å². The summed E-state index contributed by atoms with van der Waals surface area (Å²) in [5.41, 5.74) is 0.494. The Morgan fingerprint density at radius 3 is 2.74 bits per heavy atom. The van der Waals surface area contributed by atoms with Gasteiger partial charge in [0.2, 0.25) is 0 Å². The molecule has 23 heavy (non-hydrogen) atoms. The molecule has 124 valence electrons. The molecule has 0 radical (unpaired) electrons. The number of ether oxygens (including phenoxy) is 1. The van der Waals surface area contributed by atoms with Crippen LogP contribution in [0.15, 0.2) is 30.6 Å². The van der Waals surface area contributed by atoms with Gasteiger partial charge in [-0.25, -0.2) is 4.68 Å². The van der Waals surface area contributed by atoms with Crippen molar-refractivity contribution in [2.24, 2.45) is 0 Å². The summed E-state index contributed by atoms with van der Waals surface area (Å²) in [5.74, 6) is -0.498. The molecule has 0 fully saturated rings. The summed E-state index contributed by atoms with van der Waals surface area (Å²) in [6.45, 7) is -1.77. The standard InChI is InChI=1S/C13H10Cl2F3N3O2/c14-8-1-2-10(11(15)3-8)12(22)20-9-4-19-21(5-9)7-23-6-13(16,17)18/h1-5H,6-7H2,(H,20,22). The van der Waals surface area contributed by atoms with Crippen molar-refractivity contribution in [1.82, 2.24) is 9.78 Å². The van der Waals surface area contributed by atoms with E-state index in [4.69, 9.17) is 23.2 Å². The molecule has 2 rings (SSSR count). The van der Waals surface area contributed by atoms with E-state index in [1.165, 1.54) is 30.6 Å². The molecule has 0 aliphatic rings. The van der Waals surface area contributed by atoms with E-state index in [-0.39, 0.29) is 16.3 Å². The van der Waals surface area contributed by atoms with Gasteiger partial charge in [-0.05, 0) is 18.2 Å². The molecule has 0 saturated heterocycles. The number of nitrogens with one attached hydrogen (secondary N) is 1. The van der Waals surface area contributed by atoms with Gasteiger partial charge in [0.15, 0.2) is 0 Å². The lowest BCUT2D eigenvalue weighted by molar-refractivity contribution is -0.182. The molecule has 1 N–H and O–H groups in total. The van der Waals surface area contributed by atoms with Crippen LogP contribution >= 0.6 is 23.2 Å². The molecule has 10 heteroatoms. The van der Waals surface area contributed by atoms with E-state index in [0.717, 1.165) is 4.68 Å². The summed E-state index contributed by atoms with van der Waals surface area (Å²) >= 11 is 11.7. The van der Waals surface area contributed by atoms with Gasteiger partial charge in [0.05, 0.1) is 28.7 Å². The van der Waals surface area contributed by atoms with E-state index in [1.54, 1.807) is 0 Å². The minimum absolute atomic E-state index is 0.177. The first-order valence-corrected chi connectivity index (χ1v) is 6.93. The van der Waals surface area contributed by atoms with Gasteiger partial charge in [0, 0.05) is 5.02 Å². The summed E-state index contributed by atoms with van der Waals surface area (Å²) in [5, 5.41) is 6.86. The van der Waals surface area contributed by atoms with Crippen molar-refractivity contribution in [1.29, 1.82) is 0 Å². The maximum atomic E-state index is 12.0. The number of carbonyl (C=O) groups is 1. The van der Waals surface area contributed by atoms with Gasteiger partial charge >= 0.3 is 6.18 Å². The van der Waals surface area contributed by atoms with Crippen LogP contribution in [0.5, 0.6) is 0 Å². The average Bonchev–Trinajstić information content (AvgIpc) is 2.84. The molecule has 0 aliphatic carbocycles. The van der Waals surface area contributed by atoms with Crippen LogP contribution in [0.25, 0.3) is 0 Å². The molecule has 0 saturated carbocycles. The number of nitrogens with zero attached hydrogens (tertiary/aromatic N) is 2. The number of rotatable bonds is 5. The Bertz CT molecular complexity index is 704. The number of anilines is 1. The van der Waals surface area contributed by atoms with E-state index < -0.39 is 25.4 Å². The van der Waals surface area contributed by atoms with Crippen molar-refractivity contribution in [3.05, 3.63) is 46.2 Å². The lowest BCUT2D eigenvalue weighted by Gasteiger charge is -2.07. The van der Waals surface area contributed by atoms with Crippen molar-refractivity contribution in [3.63, 3.8) is 0 Å². The molecule has 1 aromatic carbocycles. The largest absolute Gasteiger partial charge is 0.411 e. The van der Waals surface area contributed by atoms with Crippen molar-refractivity contribution in [3.8, 4) is 0 Å². The molecule has 0 spiro atoms. The zero-order valence-corrected chi connectivity index (χ0v) is 12.9. The van der Waals surface area contributed by atoms with Gasteiger partial charge < -0.3 is 10.1 Å². The van der Waals surface area contributed by atoms with Crippen LogP contribution in [0, 0.1) is 0 Å². The van der Waals surface area contributed by atoms with Crippen molar-refractivity contribution < 1.29 is 22.7 Å². The van der Waals surface area contributed by atoms with Crippen molar-refractivity contribution >= 4 is 34.8 Å². The Morgan fingerprint density at radius 2 is 2.09 bits per heavy atom. The minimum atomic E-state index is -4.41. The maximum absolute atomic E-state index is 12.0. The quantitative estimate of drug-likeness (QED) is 0.869. The SMILES string of the molecule is O=C(Nc1cnn(COCC(F)(F)F)c1)c1ccc(Cl)cc1Cl. The first-order valence-electron chi connectivity index (χ1n) is 6.18. The first-order chi connectivity index (χ1) is 10.7. The monoisotopic (exact) mass is 367 g/mol. The van der Waals surface area contributed by atoms with Crippen LogP contribution in [0.2, 0.25) is 10.0 Å². The molecule has 0 bridgehead atoms. The van der Waals surface area contributed by atoms with Gasteiger partial charge in [-0.1, -0.05) is 23.2 Å². The van der Waals surface area contributed by atoms with Gasteiger partial charge in [0.25, 0.3) is 5.91 Å². The number of halogens is 5. The molecule has 1 heterocycles. The smallest absolute Gasteiger partial charge is 0.350 e. The Kier molecular flexibility index (Phi) is 5.51. The van der Waals surface area contributed by atoms with Crippen LogP contribution in [0.4, 0.5) is 18.9 Å². The Balaban J connectivity index is 1.94. The number of carbonyl (C=O) groups excluding carboxylic acids is 1. The molecule has 0 unspecified atom stereocenters. The highest BCUT2D eigenvalue weighted by Gasteiger charge is 2.27. The van der Waals surface area contributed by atoms with E-state index in [1.807, 2.05) is 0 Å². The van der Waals surface area contributed by atoms with E-state index in [2.05, 4.69) is 15.2 Å². The molecule has 0 atom stereocenters. The highest BCUT2D eigenvalue weighted by molar-refractivity contribution is 6.37. The van der Waals surface area contributed by atoms with Crippen LogP contribution in [-0.2, 0) is 11.5 Å². The van der Waals surface area contributed by atoms with E-state index >= 15 is 0 Å². The fraction of sp³-hybridized carbons (Fsp3) is 0.231. The second-order valence-corrected chi connectivity index (χ2v) is 5.28. The summed E-state index contributed by atoms with van der Waals surface area (Å²) in [6, 6.07) is 4.39. The molecule has 2 aromatic rings. The number of hydrogen-bond donors (Lipinski definition) is 1. The summed E-state index contributed by atoms with van der Waals surface area (Å²) in [6.07, 6.45) is -1.80. The first kappa shape index (κ1) is 17.6. The molecule has 1 aromatic heterocycles. The Hall–Kier alpha value is -1.77. The van der Waals surface area contributed by atoms with Crippen LogP contribution in [-0.4, -0.2) is 28.5 Å². The van der Waals surface area contributed by atoms with Crippen LogP contribution < -0.4 is 5.32 Å². The predicted molar refractivity (Wildman–Crippen MR) is 78.6 cm³/mol. The average molecular weight is 368 g/mol. The second-order valence-electron chi connectivity index (χ2n) is 4.44. The van der Waals surface area contributed by atoms with Crippen molar-refractivity contribution in [2.45, 2.75) is 12.9 Å². The normalized spacial score (nSPS) is 11.5. The minimum Gasteiger partial charge on any atom is -0.350 e. The highest BCUT2D eigenvalue weighted by atomic mass is 35.5. The summed E-state index contributed by atoms with van der Waals surface area (Å²) in [4.78, 5) is 12.0. The zero-order chi connectivity index (χ0) is 17.0. The summed E-state index contributed by atoms with van der Waals surface area (Å²) in [7, 11) is 0. The topological polar surface area (TPSA) is 56.2 Å². The number of benzene rings is 1. The van der Waals surface area contributed by atoms with Crippen LogP contribution in [0.1, 0.15) is 10.4 Å². The van der Waals surface area contributed by atoms with Gasteiger partial charge in [0.1, 0.15) is 13.3 Å². The zero-order valence-electron chi connectivity index (χ0n) is 11.4. The van der Waals surface area contributed by atoms with E-state index in [9.17, 15) is 18.0 Å². The second kappa shape index (κ2) is 7.20. The number of aromatic nitrogens is 2. The van der Waals surface area contributed by atoms with Crippen molar-refractivity contribution in [2.75, 3.05) is 11.9 Å². The Morgan fingerprint density at radius 1 is 1.35 bits per heavy atom. The fourth-order valence-corrected chi connectivity index (χ4v) is 2.12. The van der Waals surface area contributed by atoms with E-state index in [0.29, 0.717) is 5.02 Å². The lowest BCUT2D eigenvalue weighted by atomic mass is 10.2. The predicted octanol–water partition coefficient (Wildman–Crippen LogP) is 3.98. The molecule has 5 nitrogen and oxygen atoms in total. The highest BCUT2D eigenvalue weighted by Crippen LogP contribution is 2.22. The van der Waals surface area contributed by atoms with Crippen LogP contribution in [0.3, 0.4) is 0 Å². The number of alkyl halides is 3. The third kappa shape index (κ3) is 5.42.